The van der Waals surface area contributed by atoms with Gasteiger partial charge in [0.15, 0.2) is 0 Å². The minimum atomic E-state index is -0.0703. The van der Waals surface area contributed by atoms with Crippen LogP contribution >= 0.6 is 0 Å². The summed E-state index contributed by atoms with van der Waals surface area (Å²) in [7, 11) is 0. The number of carbonyl (C=O) groups excluding carboxylic acids is 2. The zero-order chi connectivity index (χ0) is 13.0. The summed E-state index contributed by atoms with van der Waals surface area (Å²) >= 11 is 0. The summed E-state index contributed by atoms with van der Waals surface area (Å²) in [5.41, 5.74) is 0. The Hall–Kier alpha value is -1.26. The number of hydrogen-bond donors (Lipinski definition) is 1. The monoisotopic (exact) mass is 254 g/mol. The van der Waals surface area contributed by atoms with Crippen molar-refractivity contribution in [2.45, 2.75) is 45.1 Å². The lowest BCUT2D eigenvalue weighted by molar-refractivity contribution is -0.149. The molecule has 1 N–H and O–H groups in total. The van der Waals surface area contributed by atoms with Gasteiger partial charge in [0.25, 0.3) is 0 Å². The summed E-state index contributed by atoms with van der Waals surface area (Å²) in [6.45, 7) is 3.92. The van der Waals surface area contributed by atoms with Crippen molar-refractivity contribution in [3.05, 3.63) is 0 Å². The number of amides is 2. The number of nitrogens with one attached hydrogen (secondary N) is 1. The van der Waals surface area contributed by atoms with Gasteiger partial charge in [-0.3, -0.25) is 4.79 Å². The van der Waals surface area contributed by atoms with Gasteiger partial charge >= 0.3 is 12.0 Å². The Morgan fingerprint density at radius 1 is 1.39 bits per heavy atom. The Bertz CT molecular complexity index is 311. The second-order valence-electron chi connectivity index (χ2n) is 5.04. The van der Waals surface area contributed by atoms with Crippen LogP contribution in [0.2, 0.25) is 0 Å². The maximum atomic E-state index is 11.7. The van der Waals surface area contributed by atoms with Crippen LogP contribution in [-0.2, 0) is 9.53 Å². The Balaban J connectivity index is 1.82. The van der Waals surface area contributed by atoms with E-state index in [4.69, 9.17) is 4.74 Å². The number of esters is 1. The van der Waals surface area contributed by atoms with Crippen molar-refractivity contribution < 1.29 is 14.3 Å². The molecule has 0 aromatic heterocycles. The van der Waals surface area contributed by atoms with Crippen LogP contribution in [0.25, 0.3) is 0 Å². The van der Waals surface area contributed by atoms with Crippen LogP contribution in [0.5, 0.6) is 0 Å². The molecular formula is C13H22N2O3. The van der Waals surface area contributed by atoms with Gasteiger partial charge in [0, 0.05) is 19.1 Å². The Morgan fingerprint density at radius 2 is 2.11 bits per heavy atom. The summed E-state index contributed by atoms with van der Waals surface area (Å²) in [5, 5.41) is 2.88. The minimum absolute atomic E-state index is 0.0362. The fourth-order valence-corrected chi connectivity index (χ4v) is 2.88. The number of ether oxygens (including phenoxy) is 1. The van der Waals surface area contributed by atoms with Gasteiger partial charge in [0.05, 0.1) is 12.5 Å². The van der Waals surface area contributed by atoms with Gasteiger partial charge in [-0.2, -0.15) is 0 Å². The van der Waals surface area contributed by atoms with Crippen LogP contribution in [0.3, 0.4) is 0 Å². The smallest absolute Gasteiger partial charge is 0.317 e. The van der Waals surface area contributed by atoms with Crippen molar-refractivity contribution in [2.24, 2.45) is 5.92 Å². The molecule has 0 aromatic rings. The highest BCUT2D eigenvalue weighted by Gasteiger charge is 2.32. The number of urea groups is 1. The molecule has 1 heterocycles. The zero-order valence-electron chi connectivity index (χ0n) is 11.0. The quantitative estimate of drug-likeness (QED) is 0.777. The highest BCUT2D eigenvalue weighted by atomic mass is 16.5. The largest absolute Gasteiger partial charge is 0.466 e. The third-order valence-electron chi connectivity index (χ3n) is 3.87. The molecule has 1 saturated carbocycles. The molecule has 2 aliphatic rings. The second-order valence-corrected chi connectivity index (χ2v) is 5.04. The molecule has 1 saturated heterocycles. The molecule has 0 bridgehead atoms. The Morgan fingerprint density at radius 3 is 2.72 bits per heavy atom. The molecule has 2 amide bonds. The normalized spacial score (nSPS) is 28.7. The number of nitrogens with zero attached hydrogens (tertiary/aromatic N) is 1. The summed E-state index contributed by atoms with van der Waals surface area (Å²) < 4.78 is 5.05. The third-order valence-corrected chi connectivity index (χ3v) is 3.87. The van der Waals surface area contributed by atoms with Crippen LogP contribution in [-0.4, -0.2) is 42.6 Å². The van der Waals surface area contributed by atoms with E-state index in [1.54, 1.807) is 0 Å². The van der Waals surface area contributed by atoms with Crippen LogP contribution < -0.4 is 5.32 Å². The first-order valence-electron chi connectivity index (χ1n) is 6.93. The Labute approximate surface area is 108 Å². The van der Waals surface area contributed by atoms with Crippen molar-refractivity contribution in [1.82, 2.24) is 10.2 Å². The van der Waals surface area contributed by atoms with E-state index in [0.717, 1.165) is 45.2 Å². The van der Waals surface area contributed by atoms with E-state index in [-0.39, 0.29) is 17.9 Å². The lowest BCUT2D eigenvalue weighted by Gasteiger charge is -2.38. The number of rotatable bonds is 3. The lowest BCUT2D eigenvalue weighted by atomic mass is 9.85. The van der Waals surface area contributed by atoms with Gasteiger partial charge in [-0.05, 0) is 39.0 Å². The van der Waals surface area contributed by atoms with Crippen molar-refractivity contribution in [3.8, 4) is 0 Å². The molecule has 0 unspecified atom stereocenters. The van der Waals surface area contributed by atoms with Crippen LogP contribution in [0.4, 0.5) is 4.79 Å². The van der Waals surface area contributed by atoms with Gasteiger partial charge < -0.3 is 15.0 Å². The fourth-order valence-electron chi connectivity index (χ4n) is 2.88. The first kappa shape index (κ1) is 13.2. The van der Waals surface area contributed by atoms with E-state index in [1.807, 2.05) is 11.8 Å². The molecule has 18 heavy (non-hydrogen) atoms. The van der Waals surface area contributed by atoms with Crippen molar-refractivity contribution in [1.29, 1.82) is 0 Å². The maximum Gasteiger partial charge on any atom is 0.317 e. The molecule has 0 atom stereocenters. The fraction of sp³-hybridized carbons (Fsp3) is 0.846. The van der Waals surface area contributed by atoms with E-state index in [2.05, 4.69) is 5.32 Å². The van der Waals surface area contributed by atoms with E-state index in [9.17, 15) is 9.59 Å². The standard InChI is InChI=1S/C13H22N2O3/c1-2-18-12(16)10-4-6-11(7-5-10)15-9-3-8-14-13(15)17/h10-11H,2-9H2,1H3,(H,14,17). The number of hydrogen-bond acceptors (Lipinski definition) is 3. The Kier molecular flexibility index (Phi) is 4.44. The van der Waals surface area contributed by atoms with Gasteiger partial charge in [-0.25, -0.2) is 4.79 Å². The highest BCUT2D eigenvalue weighted by Crippen LogP contribution is 2.29. The van der Waals surface area contributed by atoms with Crippen molar-refractivity contribution >= 4 is 12.0 Å². The summed E-state index contributed by atoms with van der Waals surface area (Å²) in [5.74, 6) is -0.0342. The second kappa shape index (κ2) is 6.07. The van der Waals surface area contributed by atoms with Crippen molar-refractivity contribution in [3.63, 3.8) is 0 Å². The summed E-state index contributed by atoms with van der Waals surface area (Å²) in [6, 6.07) is 0.358. The van der Waals surface area contributed by atoms with Gasteiger partial charge in [-0.1, -0.05) is 0 Å². The van der Waals surface area contributed by atoms with Gasteiger partial charge in [0.2, 0.25) is 0 Å². The zero-order valence-corrected chi connectivity index (χ0v) is 11.0. The molecule has 1 aliphatic heterocycles. The SMILES string of the molecule is CCOC(=O)C1CCC(N2CCCNC2=O)CC1. The molecule has 2 fully saturated rings. The molecule has 102 valence electrons. The molecule has 0 aromatic carbocycles. The van der Waals surface area contributed by atoms with Crippen molar-refractivity contribution in [2.75, 3.05) is 19.7 Å². The van der Waals surface area contributed by atoms with Gasteiger partial charge in [-0.15, -0.1) is 0 Å². The van der Waals surface area contributed by atoms with E-state index >= 15 is 0 Å². The first-order valence-corrected chi connectivity index (χ1v) is 6.93. The predicted octanol–water partition coefficient (Wildman–Crippen LogP) is 1.52. The van der Waals surface area contributed by atoms with E-state index in [1.165, 1.54) is 0 Å². The van der Waals surface area contributed by atoms with Gasteiger partial charge in [0.1, 0.15) is 0 Å². The minimum Gasteiger partial charge on any atom is -0.466 e. The molecule has 1 aliphatic carbocycles. The molecule has 0 radical (unpaired) electrons. The molecule has 5 heteroatoms. The molecular weight excluding hydrogens is 232 g/mol. The number of carbonyl (C=O) groups is 2. The predicted molar refractivity (Wildman–Crippen MR) is 67.1 cm³/mol. The molecule has 0 spiro atoms. The molecule has 5 nitrogen and oxygen atoms in total. The van der Waals surface area contributed by atoms with E-state index < -0.39 is 0 Å². The first-order chi connectivity index (χ1) is 8.72. The van der Waals surface area contributed by atoms with Crippen LogP contribution in [0.15, 0.2) is 0 Å². The van der Waals surface area contributed by atoms with E-state index in [0.29, 0.717) is 12.6 Å². The van der Waals surface area contributed by atoms with Crippen LogP contribution in [0, 0.1) is 5.92 Å². The third kappa shape index (κ3) is 2.94. The average molecular weight is 254 g/mol. The maximum absolute atomic E-state index is 11.7. The molecule has 2 rings (SSSR count). The highest BCUT2D eigenvalue weighted by molar-refractivity contribution is 5.75. The lowest BCUT2D eigenvalue weighted by Crippen LogP contribution is -2.52. The summed E-state index contributed by atoms with van der Waals surface area (Å²) in [4.78, 5) is 25.3. The summed E-state index contributed by atoms with van der Waals surface area (Å²) in [6.07, 6.45) is 4.53. The average Bonchev–Trinajstić information content (AvgIpc) is 2.40. The van der Waals surface area contributed by atoms with Crippen LogP contribution in [0.1, 0.15) is 39.0 Å². The topological polar surface area (TPSA) is 58.6 Å².